The summed E-state index contributed by atoms with van der Waals surface area (Å²) < 4.78 is 25.7. The van der Waals surface area contributed by atoms with Gasteiger partial charge >= 0.3 is 0 Å². The van der Waals surface area contributed by atoms with Crippen molar-refractivity contribution in [2.45, 2.75) is 24.6 Å². The first kappa shape index (κ1) is 13.4. The Hall–Kier alpha value is -1.06. The second-order valence-electron chi connectivity index (χ2n) is 4.31. The average molecular weight is 290 g/mol. The summed E-state index contributed by atoms with van der Waals surface area (Å²) in [7, 11) is -3.56. The normalized spacial score (nSPS) is 21.1. The number of carbonyl (C=O) groups excluding carboxylic acids is 1. The molecule has 0 spiro atoms. The summed E-state index contributed by atoms with van der Waals surface area (Å²) in [6, 6.07) is 0. The smallest absolute Gasteiger partial charge is 0.272 e. The number of amides is 1. The largest absolute Gasteiger partial charge is 0.301 e. The number of nitrogens with one attached hydrogen (secondary N) is 1. The quantitative estimate of drug-likeness (QED) is 0.820. The third-order valence-corrected chi connectivity index (χ3v) is 5.69. The molecular weight excluding hydrogens is 276 g/mol. The molecule has 1 aromatic rings. The molecule has 0 radical (unpaired) electrons. The van der Waals surface area contributed by atoms with Crippen LogP contribution in [0.1, 0.15) is 20.3 Å². The van der Waals surface area contributed by atoms with Crippen molar-refractivity contribution in [1.29, 1.82) is 0 Å². The Bertz CT molecular complexity index is 554. The van der Waals surface area contributed by atoms with Crippen LogP contribution in [-0.4, -0.2) is 41.9 Å². The van der Waals surface area contributed by atoms with Crippen LogP contribution in [-0.2, 0) is 14.8 Å². The topological polar surface area (TPSA) is 92.3 Å². The molecule has 1 amide bonds. The zero-order valence-electron chi connectivity index (χ0n) is 10.1. The predicted octanol–water partition coefficient (Wildman–Crippen LogP) is 0.527. The van der Waals surface area contributed by atoms with Gasteiger partial charge in [-0.1, -0.05) is 18.3 Å². The first-order valence-corrected chi connectivity index (χ1v) is 7.76. The van der Waals surface area contributed by atoms with Gasteiger partial charge in [0.15, 0.2) is 0 Å². The van der Waals surface area contributed by atoms with E-state index in [9.17, 15) is 13.2 Å². The lowest BCUT2D eigenvalue weighted by Crippen LogP contribution is -2.28. The molecule has 1 unspecified atom stereocenters. The van der Waals surface area contributed by atoms with Crippen molar-refractivity contribution < 1.29 is 13.2 Å². The Morgan fingerprint density at radius 3 is 2.78 bits per heavy atom. The highest BCUT2D eigenvalue weighted by Gasteiger charge is 2.33. The number of rotatable bonds is 3. The lowest BCUT2D eigenvalue weighted by atomic mass is 10.2. The third-order valence-electron chi connectivity index (χ3n) is 2.64. The van der Waals surface area contributed by atoms with Gasteiger partial charge in [0.2, 0.25) is 15.4 Å². The van der Waals surface area contributed by atoms with E-state index in [2.05, 4.69) is 15.5 Å². The molecule has 1 saturated heterocycles. The molecule has 1 aromatic heterocycles. The molecule has 0 aliphatic carbocycles. The van der Waals surface area contributed by atoms with Gasteiger partial charge in [-0.2, -0.15) is 4.31 Å². The van der Waals surface area contributed by atoms with Gasteiger partial charge in [0.05, 0.1) is 0 Å². The molecule has 0 saturated carbocycles. The summed E-state index contributed by atoms with van der Waals surface area (Å²) >= 11 is 0.872. The maximum absolute atomic E-state index is 12.2. The number of nitrogens with zero attached hydrogens (tertiary/aromatic N) is 3. The second kappa shape index (κ2) is 4.90. The van der Waals surface area contributed by atoms with E-state index in [4.69, 9.17) is 0 Å². The van der Waals surface area contributed by atoms with Crippen LogP contribution in [0.15, 0.2) is 4.34 Å². The van der Waals surface area contributed by atoms with E-state index in [-0.39, 0.29) is 15.4 Å². The van der Waals surface area contributed by atoms with Crippen LogP contribution in [0.5, 0.6) is 0 Å². The zero-order chi connectivity index (χ0) is 13.3. The molecule has 100 valence electrons. The Morgan fingerprint density at radius 1 is 1.50 bits per heavy atom. The van der Waals surface area contributed by atoms with Crippen LogP contribution >= 0.6 is 11.3 Å². The van der Waals surface area contributed by atoms with Crippen molar-refractivity contribution >= 4 is 32.4 Å². The highest BCUT2D eigenvalue weighted by atomic mass is 32.2. The van der Waals surface area contributed by atoms with E-state index in [1.807, 2.05) is 6.92 Å². The molecule has 1 aliphatic rings. The molecule has 1 aliphatic heterocycles. The minimum atomic E-state index is -3.56. The van der Waals surface area contributed by atoms with Crippen LogP contribution in [0.4, 0.5) is 5.13 Å². The first-order valence-electron chi connectivity index (χ1n) is 5.51. The van der Waals surface area contributed by atoms with Crippen LogP contribution in [0.25, 0.3) is 0 Å². The van der Waals surface area contributed by atoms with Crippen LogP contribution in [0.3, 0.4) is 0 Å². The van der Waals surface area contributed by atoms with E-state index in [1.54, 1.807) is 0 Å². The highest BCUT2D eigenvalue weighted by molar-refractivity contribution is 7.91. The molecule has 2 rings (SSSR count). The fourth-order valence-electron chi connectivity index (χ4n) is 1.74. The summed E-state index contributed by atoms with van der Waals surface area (Å²) in [6.45, 7) is 4.37. The van der Waals surface area contributed by atoms with E-state index in [0.717, 1.165) is 17.8 Å². The fourth-order valence-corrected chi connectivity index (χ4v) is 4.40. The molecule has 18 heavy (non-hydrogen) atoms. The number of hydrogen-bond donors (Lipinski definition) is 1. The monoisotopic (exact) mass is 290 g/mol. The predicted molar refractivity (Wildman–Crippen MR) is 66.8 cm³/mol. The SMILES string of the molecule is CC(=O)Nc1nnc(S(=O)(=O)N2CCC(C)C2)s1. The average Bonchev–Trinajstić information content (AvgIpc) is 2.86. The molecule has 1 atom stereocenters. The minimum absolute atomic E-state index is 0.0691. The van der Waals surface area contributed by atoms with Crippen LogP contribution < -0.4 is 5.32 Å². The Balaban J connectivity index is 2.20. The zero-order valence-corrected chi connectivity index (χ0v) is 11.7. The first-order chi connectivity index (χ1) is 8.39. The number of sulfonamides is 1. The van der Waals surface area contributed by atoms with Crippen LogP contribution in [0.2, 0.25) is 0 Å². The number of carbonyl (C=O) groups is 1. The van der Waals surface area contributed by atoms with Gasteiger partial charge in [-0.05, 0) is 12.3 Å². The van der Waals surface area contributed by atoms with Crippen molar-refractivity contribution in [2.75, 3.05) is 18.4 Å². The highest BCUT2D eigenvalue weighted by Crippen LogP contribution is 2.27. The van der Waals surface area contributed by atoms with Gasteiger partial charge in [0.1, 0.15) is 0 Å². The Labute approximate surface area is 109 Å². The Morgan fingerprint density at radius 2 is 2.22 bits per heavy atom. The number of aromatic nitrogens is 2. The van der Waals surface area contributed by atoms with Crippen LogP contribution in [0, 0.1) is 5.92 Å². The van der Waals surface area contributed by atoms with Gasteiger partial charge in [-0.15, -0.1) is 10.2 Å². The van der Waals surface area contributed by atoms with Gasteiger partial charge in [-0.3, -0.25) is 4.79 Å². The summed E-state index contributed by atoms with van der Waals surface area (Å²) in [4.78, 5) is 10.8. The van der Waals surface area contributed by atoms with E-state index in [0.29, 0.717) is 19.0 Å². The lowest BCUT2D eigenvalue weighted by Gasteiger charge is -2.12. The van der Waals surface area contributed by atoms with Gasteiger partial charge in [0, 0.05) is 20.0 Å². The van der Waals surface area contributed by atoms with Crippen molar-refractivity contribution in [3.8, 4) is 0 Å². The van der Waals surface area contributed by atoms with Crippen molar-refractivity contribution in [2.24, 2.45) is 5.92 Å². The minimum Gasteiger partial charge on any atom is -0.301 e. The van der Waals surface area contributed by atoms with Gasteiger partial charge in [-0.25, -0.2) is 8.42 Å². The van der Waals surface area contributed by atoms with Gasteiger partial charge in [0.25, 0.3) is 10.0 Å². The maximum Gasteiger partial charge on any atom is 0.272 e. The van der Waals surface area contributed by atoms with Gasteiger partial charge < -0.3 is 5.32 Å². The molecule has 0 bridgehead atoms. The molecule has 0 aromatic carbocycles. The second-order valence-corrected chi connectivity index (χ2v) is 7.40. The summed E-state index contributed by atoms with van der Waals surface area (Å²) in [5.41, 5.74) is 0. The lowest BCUT2D eigenvalue weighted by molar-refractivity contribution is -0.114. The van der Waals surface area contributed by atoms with Crippen molar-refractivity contribution in [3.63, 3.8) is 0 Å². The summed E-state index contributed by atoms with van der Waals surface area (Å²) in [6.07, 6.45) is 0.858. The molecular formula is C9H14N4O3S2. The van der Waals surface area contributed by atoms with Crippen molar-refractivity contribution in [1.82, 2.24) is 14.5 Å². The molecule has 1 N–H and O–H groups in total. The molecule has 9 heteroatoms. The van der Waals surface area contributed by atoms with E-state index >= 15 is 0 Å². The summed E-state index contributed by atoms with van der Waals surface area (Å²) in [5, 5.41) is 9.90. The van der Waals surface area contributed by atoms with E-state index in [1.165, 1.54) is 11.2 Å². The molecule has 1 fully saturated rings. The Kier molecular flexibility index (Phi) is 3.64. The fraction of sp³-hybridized carbons (Fsp3) is 0.667. The summed E-state index contributed by atoms with van der Waals surface area (Å²) in [5.74, 6) is 0.0624. The molecule has 2 heterocycles. The third kappa shape index (κ3) is 2.68. The van der Waals surface area contributed by atoms with Crippen molar-refractivity contribution in [3.05, 3.63) is 0 Å². The standard InChI is InChI=1S/C9H14N4O3S2/c1-6-3-4-13(5-6)18(15,16)9-12-11-8(17-9)10-7(2)14/h6H,3-5H2,1-2H3,(H,10,11,14). The number of anilines is 1. The number of hydrogen-bond acceptors (Lipinski definition) is 6. The molecule has 7 nitrogen and oxygen atoms in total. The van der Waals surface area contributed by atoms with E-state index < -0.39 is 10.0 Å². The maximum atomic E-state index is 12.2.